The Morgan fingerprint density at radius 3 is 2.89 bits per heavy atom. The normalized spacial score (nSPS) is 10.9. The fourth-order valence-corrected chi connectivity index (χ4v) is 3.09. The Bertz CT molecular complexity index is 605. The molecule has 0 spiro atoms. The molecule has 19 heavy (non-hydrogen) atoms. The largest absolute Gasteiger partial charge is 0.330 e. The zero-order valence-corrected chi connectivity index (χ0v) is 13.2. The number of rotatable bonds is 5. The summed E-state index contributed by atoms with van der Waals surface area (Å²) >= 11 is 4.94. The smallest absolute Gasteiger partial charge is 0.188 e. The van der Waals surface area contributed by atoms with Gasteiger partial charge in [-0.3, -0.25) is 9.48 Å². The molecule has 102 valence electrons. The van der Waals surface area contributed by atoms with Crippen LogP contribution in [0.5, 0.6) is 0 Å². The number of carbonyl (C=O) groups is 1. The van der Waals surface area contributed by atoms with E-state index in [4.69, 9.17) is 5.73 Å². The van der Waals surface area contributed by atoms with Gasteiger partial charge >= 0.3 is 0 Å². The summed E-state index contributed by atoms with van der Waals surface area (Å²) in [6.07, 6.45) is 1.01. The predicted octanol–water partition coefficient (Wildman–Crippen LogP) is 1.87. The quantitative estimate of drug-likeness (QED) is 0.841. The van der Waals surface area contributed by atoms with Crippen LogP contribution in [0.15, 0.2) is 9.85 Å². The van der Waals surface area contributed by atoms with Gasteiger partial charge in [-0.2, -0.15) is 5.10 Å². The number of thiazole rings is 1. The van der Waals surface area contributed by atoms with Gasteiger partial charge < -0.3 is 5.73 Å². The fourth-order valence-electron chi connectivity index (χ4n) is 1.79. The molecule has 0 radical (unpaired) electrons. The maximum atomic E-state index is 12.2. The van der Waals surface area contributed by atoms with Gasteiger partial charge in [0.15, 0.2) is 5.78 Å². The Labute approximate surface area is 124 Å². The summed E-state index contributed by atoms with van der Waals surface area (Å²) in [6.45, 7) is 2.45. The summed E-state index contributed by atoms with van der Waals surface area (Å²) in [4.78, 5) is 16.5. The van der Waals surface area contributed by atoms with Crippen molar-refractivity contribution in [2.45, 2.75) is 19.8 Å². The molecule has 2 N–H and O–H groups in total. The Kier molecular flexibility index (Phi) is 4.49. The number of nitrogens with zero attached hydrogens (tertiary/aromatic N) is 3. The van der Waals surface area contributed by atoms with Crippen LogP contribution < -0.4 is 5.73 Å². The van der Waals surface area contributed by atoms with E-state index in [1.165, 1.54) is 11.3 Å². The van der Waals surface area contributed by atoms with E-state index in [2.05, 4.69) is 26.0 Å². The van der Waals surface area contributed by atoms with Gasteiger partial charge in [-0.15, -0.1) is 11.3 Å². The summed E-state index contributed by atoms with van der Waals surface area (Å²) in [5.41, 5.74) is 7.74. The Morgan fingerprint density at radius 1 is 1.58 bits per heavy atom. The van der Waals surface area contributed by atoms with E-state index < -0.39 is 0 Å². The topological polar surface area (TPSA) is 73.8 Å². The van der Waals surface area contributed by atoms with Crippen molar-refractivity contribution in [3.63, 3.8) is 0 Å². The number of aryl methyl sites for hydroxylation is 2. The Balaban J connectivity index is 2.16. The Hall–Kier alpha value is -1.05. The molecule has 0 fully saturated rings. The lowest BCUT2D eigenvalue weighted by Crippen LogP contribution is -2.09. The highest BCUT2D eigenvalue weighted by Gasteiger charge is 2.17. The van der Waals surface area contributed by atoms with Crippen molar-refractivity contribution in [3.8, 4) is 0 Å². The van der Waals surface area contributed by atoms with Crippen LogP contribution in [0, 0.1) is 6.92 Å². The van der Waals surface area contributed by atoms with Gasteiger partial charge in [0, 0.05) is 18.8 Å². The molecule has 2 heterocycles. The minimum Gasteiger partial charge on any atom is -0.330 e. The number of aromatic nitrogens is 3. The molecule has 0 aliphatic heterocycles. The second kappa shape index (κ2) is 5.94. The van der Waals surface area contributed by atoms with Gasteiger partial charge in [0.2, 0.25) is 0 Å². The van der Waals surface area contributed by atoms with Crippen molar-refractivity contribution in [1.29, 1.82) is 0 Å². The number of carbonyl (C=O) groups excluding carboxylic acids is 1. The van der Waals surface area contributed by atoms with Crippen LogP contribution in [0.1, 0.15) is 26.9 Å². The van der Waals surface area contributed by atoms with Gasteiger partial charge in [0.25, 0.3) is 0 Å². The van der Waals surface area contributed by atoms with Gasteiger partial charge in [0.1, 0.15) is 5.69 Å². The van der Waals surface area contributed by atoms with Crippen LogP contribution in [0.2, 0.25) is 0 Å². The third-order valence-electron chi connectivity index (χ3n) is 2.79. The van der Waals surface area contributed by atoms with Crippen molar-refractivity contribution in [2.75, 3.05) is 6.54 Å². The summed E-state index contributed by atoms with van der Waals surface area (Å²) in [6, 6.07) is 0. The molecule has 0 aliphatic carbocycles. The lowest BCUT2D eigenvalue weighted by atomic mass is 10.2. The third kappa shape index (κ3) is 3.10. The molecule has 0 aromatic carbocycles. The minimum atomic E-state index is 0.00298. The SMILES string of the molecule is Cc1nn(C)c(CC(=O)c2csc(CCN)n2)c1Br. The highest BCUT2D eigenvalue weighted by atomic mass is 79.9. The summed E-state index contributed by atoms with van der Waals surface area (Å²) in [5, 5.41) is 6.98. The molecule has 0 saturated carbocycles. The van der Waals surface area contributed by atoms with Gasteiger partial charge in [-0.05, 0) is 29.4 Å². The average molecular weight is 343 g/mol. The number of ketones is 1. The van der Waals surface area contributed by atoms with Crippen LogP contribution in [-0.2, 0) is 19.9 Å². The van der Waals surface area contributed by atoms with Crippen LogP contribution in [0.25, 0.3) is 0 Å². The van der Waals surface area contributed by atoms with Crippen molar-refractivity contribution < 1.29 is 4.79 Å². The molecular formula is C12H15BrN4OS. The summed E-state index contributed by atoms with van der Waals surface area (Å²) < 4.78 is 2.62. The number of halogens is 1. The van der Waals surface area contributed by atoms with Gasteiger partial charge in [-0.1, -0.05) is 0 Å². The third-order valence-corrected chi connectivity index (χ3v) is 4.73. The fraction of sp³-hybridized carbons (Fsp3) is 0.417. The average Bonchev–Trinajstić information content (AvgIpc) is 2.91. The van der Waals surface area contributed by atoms with Crippen LogP contribution in [0.3, 0.4) is 0 Å². The van der Waals surface area contributed by atoms with Crippen molar-refractivity contribution >= 4 is 33.0 Å². The molecule has 0 unspecified atom stereocenters. The van der Waals surface area contributed by atoms with Crippen molar-refractivity contribution in [1.82, 2.24) is 14.8 Å². The summed E-state index contributed by atoms with van der Waals surface area (Å²) in [5.74, 6) is 0.00298. The Morgan fingerprint density at radius 2 is 2.32 bits per heavy atom. The second-order valence-corrected chi connectivity index (χ2v) is 5.97. The van der Waals surface area contributed by atoms with E-state index in [1.807, 2.05) is 14.0 Å². The van der Waals surface area contributed by atoms with Gasteiger partial charge in [-0.25, -0.2) is 4.98 Å². The molecule has 0 saturated heterocycles. The first-order valence-corrected chi connectivity index (χ1v) is 7.55. The van der Waals surface area contributed by atoms with E-state index in [0.717, 1.165) is 20.9 Å². The molecule has 2 aromatic rings. The molecule has 0 amide bonds. The lowest BCUT2D eigenvalue weighted by molar-refractivity contribution is 0.0986. The first-order chi connectivity index (χ1) is 9.02. The zero-order chi connectivity index (χ0) is 14.0. The van der Waals surface area contributed by atoms with Crippen LogP contribution >= 0.6 is 27.3 Å². The van der Waals surface area contributed by atoms with Crippen molar-refractivity contribution in [3.05, 3.63) is 31.9 Å². The number of nitrogens with two attached hydrogens (primary N) is 1. The number of Topliss-reactive ketones (excluding diaryl/α,β-unsaturated/α-hetero) is 1. The van der Waals surface area contributed by atoms with E-state index in [-0.39, 0.29) is 5.78 Å². The van der Waals surface area contributed by atoms with Crippen molar-refractivity contribution in [2.24, 2.45) is 12.8 Å². The summed E-state index contributed by atoms with van der Waals surface area (Å²) in [7, 11) is 1.83. The monoisotopic (exact) mass is 342 g/mol. The first-order valence-electron chi connectivity index (χ1n) is 5.88. The van der Waals surface area contributed by atoms with Crippen LogP contribution in [0.4, 0.5) is 0 Å². The molecule has 0 atom stereocenters. The van der Waals surface area contributed by atoms with Gasteiger partial charge in [0.05, 0.1) is 27.3 Å². The number of hydrogen-bond acceptors (Lipinski definition) is 5. The van der Waals surface area contributed by atoms with Crippen LogP contribution in [-0.4, -0.2) is 27.1 Å². The maximum Gasteiger partial charge on any atom is 0.188 e. The first kappa shape index (κ1) is 14.4. The highest BCUT2D eigenvalue weighted by molar-refractivity contribution is 9.10. The lowest BCUT2D eigenvalue weighted by Gasteiger charge is -2.00. The molecule has 2 aromatic heterocycles. The molecule has 5 nitrogen and oxygen atoms in total. The molecule has 0 bridgehead atoms. The minimum absolute atomic E-state index is 0.00298. The van der Waals surface area contributed by atoms with E-state index >= 15 is 0 Å². The van der Waals surface area contributed by atoms with E-state index in [1.54, 1.807) is 10.1 Å². The zero-order valence-electron chi connectivity index (χ0n) is 10.8. The maximum absolute atomic E-state index is 12.2. The molecular weight excluding hydrogens is 328 g/mol. The molecule has 2 rings (SSSR count). The standard InChI is InChI=1S/C12H15BrN4OS/c1-7-12(13)9(17(2)16-7)5-10(18)8-6-19-11(15-8)3-4-14/h6H,3-5,14H2,1-2H3. The number of hydrogen-bond donors (Lipinski definition) is 1. The highest BCUT2D eigenvalue weighted by Crippen LogP contribution is 2.22. The van der Waals surface area contributed by atoms with E-state index in [0.29, 0.717) is 25.1 Å². The second-order valence-electron chi connectivity index (χ2n) is 4.23. The molecule has 0 aliphatic rings. The molecule has 7 heteroatoms. The van der Waals surface area contributed by atoms with E-state index in [9.17, 15) is 4.79 Å². The predicted molar refractivity (Wildman–Crippen MR) is 78.6 cm³/mol.